The summed E-state index contributed by atoms with van der Waals surface area (Å²) in [6.45, 7) is 2.65. The topological polar surface area (TPSA) is 30.9 Å². The van der Waals surface area contributed by atoms with Crippen LogP contribution in [0.25, 0.3) is 0 Å². The molecular formula is C16H26ClNO3. The third-order valence-corrected chi connectivity index (χ3v) is 3.16. The Morgan fingerprint density at radius 2 is 1.90 bits per heavy atom. The van der Waals surface area contributed by atoms with Crippen LogP contribution >= 0.6 is 11.6 Å². The van der Waals surface area contributed by atoms with Crippen LogP contribution in [0.1, 0.15) is 12.0 Å². The number of nitrogens with zero attached hydrogens (tertiary/aromatic N) is 1. The van der Waals surface area contributed by atoms with Crippen LogP contribution in [0.4, 0.5) is 0 Å². The van der Waals surface area contributed by atoms with Crippen molar-refractivity contribution in [1.29, 1.82) is 0 Å². The van der Waals surface area contributed by atoms with Gasteiger partial charge in [-0.1, -0.05) is 6.07 Å². The van der Waals surface area contributed by atoms with E-state index in [0.29, 0.717) is 25.7 Å². The van der Waals surface area contributed by atoms with Crippen molar-refractivity contribution in [2.24, 2.45) is 0 Å². The number of hydrogen-bond donors (Lipinski definition) is 0. The minimum absolute atomic E-state index is 0.493. The van der Waals surface area contributed by atoms with Gasteiger partial charge < -0.3 is 19.1 Å². The summed E-state index contributed by atoms with van der Waals surface area (Å²) in [6.07, 6.45) is 2.16. The van der Waals surface area contributed by atoms with Crippen molar-refractivity contribution in [3.63, 3.8) is 0 Å². The Kier molecular flexibility index (Phi) is 9.22. The Morgan fingerprint density at radius 1 is 1.10 bits per heavy atom. The highest BCUT2D eigenvalue weighted by molar-refractivity contribution is 6.17. The van der Waals surface area contributed by atoms with E-state index in [0.717, 1.165) is 30.9 Å². The fourth-order valence-corrected chi connectivity index (χ4v) is 2.06. The van der Waals surface area contributed by atoms with Gasteiger partial charge >= 0.3 is 0 Å². The van der Waals surface area contributed by atoms with Gasteiger partial charge in [0.15, 0.2) is 11.5 Å². The van der Waals surface area contributed by atoms with Gasteiger partial charge in [0.2, 0.25) is 0 Å². The number of aryl methyl sites for hydroxylation is 1. The van der Waals surface area contributed by atoms with Crippen LogP contribution in [-0.2, 0) is 11.2 Å². The molecule has 0 heterocycles. The summed E-state index contributed by atoms with van der Waals surface area (Å²) in [7, 11) is 5.84. The largest absolute Gasteiger partial charge is 0.493 e. The summed E-state index contributed by atoms with van der Waals surface area (Å²) in [5, 5.41) is 0. The highest BCUT2D eigenvalue weighted by Crippen LogP contribution is 2.28. The maximum absolute atomic E-state index is 5.67. The van der Waals surface area contributed by atoms with Crippen molar-refractivity contribution in [3.8, 4) is 11.5 Å². The van der Waals surface area contributed by atoms with Crippen LogP contribution in [0.3, 0.4) is 0 Å². The molecule has 120 valence electrons. The van der Waals surface area contributed by atoms with Gasteiger partial charge in [-0.15, -0.1) is 11.6 Å². The van der Waals surface area contributed by atoms with E-state index >= 15 is 0 Å². The molecule has 0 N–H and O–H groups in total. The molecule has 0 atom stereocenters. The third-order valence-electron chi connectivity index (χ3n) is 3.01. The summed E-state index contributed by atoms with van der Waals surface area (Å²) < 4.78 is 16.3. The Balaban J connectivity index is 2.46. The van der Waals surface area contributed by atoms with Gasteiger partial charge in [-0.3, -0.25) is 0 Å². The first-order valence-electron chi connectivity index (χ1n) is 7.25. The molecule has 1 aromatic rings. The molecule has 0 saturated heterocycles. The molecule has 4 nitrogen and oxygen atoms in total. The van der Waals surface area contributed by atoms with Gasteiger partial charge in [0.1, 0.15) is 6.61 Å². The van der Waals surface area contributed by atoms with E-state index in [4.69, 9.17) is 25.8 Å². The minimum Gasteiger partial charge on any atom is -0.493 e. The highest BCUT2D eigenvalue weighted by atomic mass is 35.5. The maximum Gasteiger partial charge on any atom is 0.161 e. The molecule has 0 radical (unpaired) electrons. The van der Waals surface area contributed by atoms with Gasteiger partial charge in [0, 0.05) is 5.88 Å². The van der Waals surface area contributed by atoms with E-state index in [1.54, 1.807) is 7.11 Å². The average Bonchev–Trinajstić information content (AvgIpc) is 2.47. The van der Waals surface area contributed by atoms with E-state index in [1.165, 1.54) is 5.56 Å². The summed E-state index contributed by atoms with van der Waals surface area (Å²) in [5.74, 6) is 2.03. The molecule has 0 unspecified atom stereocenters. The second-order valence-electron chi connectivity index (χ2n) is 5.04. The molecular weight excluding hydrogens is 290 g/mol. The van der Waals surface area contributed by atoms with Crippen LogP contribution in [0.2, 0.25) is 0 Å². The first-order chi connectivity index (χ1) is 10.2. The van der Waals surface area contributed by atoms with Gasteiger partial charge in [0.25, 0.3) is 0 Å². The monoisotopic (exact) mass is 315 g/mol. The van der Waals surface area contributed by atoms with Crippen LogP contribution in [0, 0.1) is 0 Å². The normalized spacial score (nSPS) is 10.9. The molecule has 0 aliphatic heterocycles. The Bertz CT molecular complexity index is 399. The Morgan fingerprint density at radius 3 is 2.57 bits per heavy atom. The smallest absolute Gasteiger partial charge is 0.161 e. The van der Waals surface area contributed by atoms with E-state index in [2.05, 4.69) is 25.1 Å². The summed E-state index contributed by atoms with van der Waals surface area (Å²) in [5.41, 5.74) is 1.26. The lowest BCUT2D eigenvalue weighted by Crippen LogP contribution is -2.13. The van der Waals surface area contributed by atoms with Gasteiger partial charge in [-0.25, -0.2) is 0 Å². The molecule has 0 aromatic heterocycles. The van der Waals surface area contributed by atoms with Gasteiger partial charge in [-0.2, -0.15) is 0 Å². The van der Waals surface area contributed by atoms with Crippen molar-refractivity contribution >= 4 is 11.6 Å². The second-order valence-corrected chi connectivity index (χ2v) is 5.42. The third kappa shape index (κ3) is 7.55. The summed E-state index contributed by atoms with van der Waals surface area (Å²) in [4.78, 5) is 2.19. The highest BCUT2D eigenvalue weighted by Gasteiger charge is 2.06. The Labute approximate surface area is 132 Å². The first kappa shape index (κ1) is 18.1. The summed E-state index contributed by atoms with van der Waals surface area (Å²) >= 11 is 5.53. The molecule has 0 spiro atoms. The molecule has 0 fully saturated rings. The molecule has 0 amide bonds. The molecule has 5 heteroatoms. The molecule has 1 rings (SSSR count). The van der Waals surface area contributed by atoms with Gasteiger partial charge in [-0.05, 0) is 51.2 Å². The number of hydrogen-bond acceptors (Lipinski definition) is 4. The van der Waals surface area contributed by atoms with Gasteiger partial charge in [0.05, 0.1) is 20.3 Å². The molecule has 0 aliphatic carbocycles. The van der Waals surface area contributed by atoms with Crippen molar-refractivity contribution in [3.05, 3.63) is 23.8 Å². The van der Waals surface area contributed by atoms with Crippen LogP contribution in [0.15, 0.2) is 18.2 Å². The number of halogens is 1. The molecule has 21 heavy (non-hydrogen) atoms. The number of rotatable bonds is 11. The number of methoxy groups -OCH3 is 1. The Hall–Kier alpha value is -0.970. The van der Waals surface area contributed by atoms with Crippen LogP contribution < -0.4 is 9.47 Å². The molecule has 0 bridgehead atoms. The number of benzene rings is 1. The number of ether oxygens (including phenoxy) is 3. The zero-order valence-electron chi connectivity index (χ0n) is 13.2. The average molecular weight is 316 g/mol. The van der Waals surface area contributed by atoms with Crippen molar-refractivity contribution in [2.45, 2.75) is 12.8 Å². The lowest BCUT2D eigenvalue weighted by molar-refractivity contribution is 0.110. The lowest BCUT2D eigenvalue weighted by Gasteiger charge is -2.13. The van der Waals surface area contributed by atoms with Crippen molar-refractivity contribution in [1.82, 2.24) is 4.90 Å². The molecule has 0 saturated carbocycles. The molecule has 1 aromatic carbocycles. The predicted octanol–water partition coefficient (Wildman–Crippen LogP) is 2.82. The van der Waals surface area contributed by atoms with E-state index in [9.17, 15) is 0 Å². The van der Waals surface area contributed by atoms with E-state index in [1.807, 2.05) is 12.1 Å². The summed E-state index contributed by atoms with van der Waals surface area (Å²) in [6, 6.07) is 6.10. The minimum atomic E-state index is 0.493. The van der Waals surface area contributed by atoms with Crippen LogP contribution in [0.5, 0.6) is 11.5 Å². The van der Waals surface area contributed by atoms with E-state index < -0.39 is 0 Å². The lowest BCUT2D eigenvalue weighted by atomic mass is 10.1. The number of alkyl halides is 1. The zero-order valence-corrected chi connectivity index (χ0v) is 14.0. The first-order valence-corrected chi connectivity index (χ1v) is 7.79. The standard InChI is InChI=1S/C16H26ClNO3/c1-18(2)9-4-5-14-6-7-15(16(13-14)19-3)21-12-11-20-10-8-17/h6-7,13H,4-5,8-12H2,1-3H3. The second kappa shape index (κ2) is 10.7. The van der Waals surface area contributed by atoms with Crippen molar-refractivity contribution < 1.29 is 14.2 Å². The van der Waals surface area contributed by atoms with Crippen LogP contribution in [-0.4, -0.2) is 58.4 Å². The predicted molar refractivity (Wildman–Crippen MR) is 86.9 cm³/mol. The zero-order chi connectivity index (χ0) is 15.5. The SMILES string of the molecule is COc1cc(CCCN(C)C)ccc1OCCOCCCl. The van der Waals surface area contributed by atoms with Crippen molar-refractivity contribution in [2.75, 3.05) is 53.5 Å². The maximum atomic E-state index is 5.67. The quantitative estimate of drug-likeness (QED) is 0.464. The fraction of sp³-hybridized carbons (Fsp3) is 0.625. The van der Waals surface area contributed by atoms with E-state index in [-0.39, 0.29) is 0 Å². The fourth-order valence-electron chi connectivity index (χ4n) is 1.95. The molecule has 0 aliphatic rings.